The zero-order chi connectivity index (χ0) is 9.82. The van der Waals surface area contributed by atoms with E-state index in [0.717, 1.165) is 6.42 Å². The second-order valence-electron chi connectivity index (χ2n) is 2.95. The standard InChI is InChI=1S/C6H15Si.C3H5ClS/c1-4-5-6-7(2)3;4-2-1-3-5/h4-6H2,1-3H3;3H,1-2H2. The van der Waals surface area contributed by atoms with E-state index < -0.39 is 0 Å². The molecule has 0 aromatic heterocycles. The minimum atomic E-state index is 0.103. The smallest absolute Gasteiger partial charge is 0.0412 e. The lowest BCUT2D eigenvalue weighted by atomic mass is 10.4. The van der Waals surface area contributed by atoms with Gasteiger partial charge in [0.05, 0.1) is 0 Å². The monoisotopic (exact) mass is 223 g/mol. The highest BCUT2D eigenvalue weighted by Gasteiger charge is 1.91. The van der Waals surface area contributed by atoms with Crippen LogP contribution in [-0.2, 0) is 0 Å². The quantitative estimate of drug-likeness (QED) is 0.383. The third kappa shape index (κ3) is 22.4. The first-order valence-electron chi connectivity index (χ1n) is 4.47. The van der Waals surface area contributed by atoms with E-state index in [1.54, 1.807) is 5.37 Å². The van der Waals surface area contributed by atoms with Crippen molar-refractivity contribution in [3.05, 3.63) is 0 Å². The maximum atomic E-state index is 5.20. The van der Waals surface area contributed by atoms with Crippen molar-refractivity contribution in [1.29, 1.82) is 0 Å². The van der Waals surface area contributed by atoms with Gasteiger partial charge in [0.15, 0.2) is 0 Å². The van der Waals surface area contributed by atoms with E-state index in [0.29, 0.717) is 5.88 Å². The molecule has 0 atom stereocenters. The van der Waals surface area contributed by atoms with Crippen LogP contribution in [0, 0.1) is 0 Å². The molecule has 0 fully saturated rings. The van der Waals surface area contributed by atoms with Crippen LogP contribution in [0.15, 0.2) is 0 Å². The Morgan fingerprint density at radius 1 is 1.42 bits per heavy atom. The molecule has 0 aliphatic heterocycles. The van der Waals surface area contributed by atoms with Gasteiger partial charge in [0.2, 0.25) is 0 Å². The van der Waals surface area contributed by atoms with Crippen molar-refractivity contribution in [2.45, 2.75) is 45.3 Å². The second-order valence-corrected chi connectivity index (χ2v) is 6.58. The van der Waals surface area contributed by atoms with Gasteiger partial charge in [0.1, 0.15) is 0 Å². The molecule has 0 rings (SSSR count). The van der Waals surface area contributed by atoms with E-state index >= 15 is 0 Å². The molecule has 0 aliphatic rings. The van der Waals surface area contributed by atoms with E-state index in [4.69, 9.17) is 11.6 Å². The number of hydrogen-bond acceptors (Lipinski definition) is 1. The Balaban J connectivity index is 0. The summed E-state index contributed by atoms with van der Waals surface area (Å²) in [6.07, 6.45) is 3.66. The van der Waals surface area contributed by atoms with Crippen LogP contribution >= 0.6 is 23.8 Å². The number of alkyl halides is 1. The average molecular weight is 224 g/mol. The van der Waals surface area contributed by atoms with Crippen LogP contribution in [0.1, 0.15) is 26.2 Å². The fourth-order valence-electron chi connectivity index (χ4n) is 0.575. The van der Waals surface area contributed by atoms with Crippen LogP contribution < -0.4 is 0 Å². The second kappa shape index (κ2) is 14.1. The topological polar surface area (TPSA) is 0 Å². The first-order chi connectivity index (χ1) is 5.68. The third-order valence-corrected chi connectivity index (χ3v) is 3.06. The van der Waals surface area contributed by atoms with E-state index in [2.05, 4.69) is 32.2 Å². The molecule has 0 bridgehead atoms. The zero-order valence-electron chi connectivity index (χ0n) is 8.40. The summed E-state index contributed by atoms with van der Waals surface area (Å²) in [7, 11) is 0.103. The Morgan fingerprint density at radius 2 is 2.00 bits per heavy atom. The molecule has 1 radical (unpaired) electrons. The van der Waals surface area contributed by atoms with E-state index in [1.807, 2.05) is 0 Å². The highest BCUT2D eigenvalue weighted by Crippen LogP contribution is 1.98. The number of hydrogen-bond donors (Lipinski definition) is 0. The number of unbranched alkanes of at least 4 members (excludes halogenated alkanes) is 1. The molecular formula is C9H20ClSSi. The minimum absolute atomic E-state index is 0.103. The van der Waals surface area contributed by atoms with Gasteiger partial charge in [-0.2, -0.15) is 0 Å². The lowest BCUT2D eigenvalue weighted by molar-refractivity contribution is 0.875. The Kier molecular flexibility index (Phi) is 17.8. The molecule has 0 N–H and O–H groups in total. The van der Waals surface area contributed by atoms with Crippen LogP contribution in [0.5, 0.6) is 0 Å². The first-order valence-corrected chi connectivity index (χ1v) is 8.18. The van der Waals surface area contributed by atoms with Gasteiger partial charge in [-0.15, -0.1) is 11.6 Å². The average Bonchev–Trinajstić information content (AvgIpc) is 2.03. The number of rotatable bonds is 5. The van der Waals surface area contributed by atoms with E-state index in [9.17, 15) is 0 Å². The normalized spacial score (nSPS) is 9.08. The molecule has 3 heteroatoms. The van der Waals surface area contributed by atoms with Crippen LogP contribution in [0.2, 0.25) is 19.1 Å². The van der Waals surface area contributed by atoms with E-state index in [-0.39, 0.29) is 8.80 Å². The molecule has 0 spiro atoms. The van der Waals surface area contributed by atoms with Crippen molar-refractivity contribution in [1.82, 2.24) is 0 Å². The largest absolute Gasteiger partial charge is 0.126 e. The fourth-order valence-corrected chi connectivity index (χ4v) is 1.99. The summed E-state index contributed by atoms with van der Waals surface area (Å²) in [6.45, 7) is 7.01. The molecule has 0 unspecified atom stereocenters. The minimum Gasteiger partial charge on any atom is -0.126 e. The van der Waals surface area contributed by atoms with Crippen LogP contribution in [0.25, 0.3) is 0 Å². The fraction of sp³-hybridized carbons (Fsp3) is 0.889. The summed E-state index contributed by atoms with van der Waals surface area (Å²) in [5.41, 5.74) is 0. The molecule has 0 heterocycles. The molecule has 0 aliphatic carbocycles. The zero-order valence-corrected chi connectivity index (χ0v) is 11.0. The van der Waals surface area contributed by atoms with Crippen molar-refractivity contribution in [2.75, 3.05) is 5.88 Å². The van der Waals surface area contributed by atoms with Crippen molar-refractivity contribution in [3.8, 4) is 0 Å². The summed E-state index contributed by atoms with van der Waals surface area (Å²) in [5, 5.41) is 1.63. The van der Waals surface area contributed by atoms with Crippen LogP contribution in [0.3, 0.4) is 0 Å². The van der Waals surface area contributed by atoms with Gasteiger partial charge >= 0.3 is 0 Å². The van der Waals surface area contributed by atoms with Gasteiger partial charge in [0.25, 0.3) is 0 Å². The molecule has 12 heavy (non-hydrogen) atoms. The predicted octanol–water partition coefficient (Wildman–Crippen LogP) is 4.16. The highest BCUT2D eigenvalue weighted by atomic mass is 35.5. The lowest BCUT2D eigenvalue weighted by Gasteiger charge is -1.96. The number of thiocarbonyl (C=S) groups is 1. The highest BCUT2D eigenvalue weighted by molar-refractivity contribution is 7.78. The summed E-state index contributed by atoms with van der Waals surface area (Å²) < 4.78 is 0. The molecule has 73 valence electrons. The summed E-state index contributed by atoms with van der Waals surface area (Å²) in [5.74, 6) is 0.656. The molecule has 0 amide bonds. The van der Waals surface area contributed by atoms with Crippen molar-refractivity contribution in [2.24, 2.45) is 0 Å². The first kappa shape index (κ1) is 15.1. The number of halogens is 1. The Morgan fingerprint density at radius 3 is 2.08 bits per heavy atom. The molecule has 0 saturated carbocycles. The molecule has 0 aromatic rings. The SMILES string of the molecule is CCCC[Si](C)C.S=CCCCl. The summed E-state index contributed by atoms with van der Waals surface area (Å²) >= 11 is 9.65. The Bertz CT molecular complexity index is 86.6. The Labute approximate surface area is 89.3 Å². The predicted molar refractivity (Wildman–Crippen MR) is 66.2 cm³/mol. The maximum Gasteiger partial charge on any atom is 0.0412 e. The van der Waals surface area contributed by atoms with Crippen molar-refractivity contribution < 1.29 is 0 Å². The van der Waals surface area contributed by atoms with E-state index in [1.165, 1.54) is 18.9 Å². The van der Waals surface area contributed by atoms with Crippen molar-refractivity contribution >= 4 is 38.0 Å². The molecular weight excluding hydrogens is 204 g/mol. The van der Waals surface area contributed by atoms with Crippen molar-refractivity contribution in [3.63, 3.8) is 0 Å². The maximum absolute atomic E-state index is 5.20. The van der Waals surface area contributed by atoms with Gasteiger partial charge < -0.3 is 0 Å². The van der Waals surface area contributed by atoms with Crippen LogP contribution in [0.4, 0.5) is 0 Å². The molecule has 0 saturated heterocycles. The van der Waals surface area contributed by atoms with Gasteiger partial charge in [-0.25, -0.2) is 0 Å². The molecule has 0 aromatic carbocycles. The van der Waals surface area contributed by atoms with Gasteiger partial charge in [0, 0.05) is 14.7 Å². The van der Waals surface area contributed by atoms with Crippen LogP contribution in [-0.4, -0.2) is 20.0 Å². The Hall–Kier alpha value is 0.597. The van der Waals surface area contributed by atoms with Gasteiger partial charge in [-0.3, -0.25) is 0 Å². The van der Waals surface area contributed by atoms with Gasteiger partial charge in [-0.05, 0) is 11.8 Å². The summed E-state index contributed by atoms with van der Waals surface area (Å²) in [4.78, 5) is 0. The lowest BCUT2D eigenvalue weighted by Crippen LogP contribution is -1.96. The third-order valence-electron chi connectivity index (χ3n) is 1.26. The van der Waals surface area contributed by atoms with Gasteiger partial charge in [-0.1, -0.05) is 51.1 Å². The molecule has 0 nitrogen and oxygen atoms in total. The summed E-state index contributed by atoms with van der Waals surface area (Å²) in [6, 6.07) is 1.50.